The van der Waals surface area contributed by atoms with Crippen molar-refractivity contribution in [2.24, 2.45) is 0 Å². The predicted molar refractivity (Wildman–Crippen MR) is 99.7 cm³/mol. The SMILES string of the molecule is CCCCCCC(C)P(=S)(S)C(C)CCCCCC. The van der Waals surface area contributed by atoms with Gasteiger partial charge in [-0.05, 0) is 24.2 Å². The van der Waals surface area contributed by atoms with Gasteiger partial charge in [0, 0.05) is 5.24 Å². The van der Waals surface area contributed by atoms with Crippen molar-refractivity contribution in [1.82, 2.24) is 0 Å². The first-order chi connectivity index (χ1) is 8.96. The molecule has 0 heterocycles. The molecule has 0 nitrogen and oxygen atoms in total. The van der Waals surface area contributed by atoms with E-state index in [0.717, 1.165) is 0 Å². The summed E-state index contributed by atoms with van der Waals surface area (Å²) in [5.74, 6) is 0. The molecule has 0 aromatic heterocycles. The van der Waals surface area contributed by atoms with Gasteiger partial charge in [-0.2, -0.15) is 0 Å². The maximum absolute atomic E-state index is 5.92. The van der Waals surface area contributed by atoms with Gasteiger partial charge in [-0.15, -0.1) is 12.2 Å². The standard InChI is InChI=1S/C16H35PS2/c1-5-7-9-11-13-15(3)17(18,19)16(4)14-12-10-8-6-2/h15-16H,5-14H2,1-4H3,(H,18,19). The molecule has 0 spiro atoms. The first kappa shape index (κ1) is 20.0. The fraction of sp³-hybridized carbons (Fsp3) is 1.00. The molecule has 0 bridgehead atoms. The molecule has 0 aromatic rings. The smallest absolute Gasteiger partial charge is 0.00877 e. The van der Waals surface area contributed by atoms with Crippen LogP contribution in [0.3, 0.4) is 0 Å². The summed E-state index contributed by atoms with van der Waals surface area (Å²) < 4.78 is 0. The van der Waals surface area contributed by atoms with Gasteiger partial charge in [0.2, 0.25) is 0 Å². The molecule has 0 rings (SSSR count). The van der Waals surface area contributed by atoms with E-state index in [9.17, 15) is 0 Å². The Morgan fingerprint density at radius 1 is 0.789 bits per heavy atom. The van der Waals surface area contributed by atoms with Crippen LogP contribution in [0.5, 0.6) is 0 Å². The van der Waals surface area contributed by atoms with Gasteiger partial charge >= 0.3 is 0 Å². The van der Waals surface area contributed by atoms with Crippen LogP contribution in [-0.2, 0) is 11.8 Å². The summed E-state index contributed by atoms with van der Waals surface area (Å²) in [6.07, 6.45) is 13.4. The van der Waals surface area contributed by atoms with Crippen molar-refractivity contribution >= 4 is 29.3 Å². The molecule has 0 radical (unpaired) electrons. The van der Waals surface area contributed by atoms with Crippen molar-refractivity contribution in [2.75, 3.05) is 0 Å². The summed E-state index contributed by atoms with van der Waals surface area (Å²) in [7, 11) is 0. The van der Waals surface area contributed by atoms with Gasteiger partial charge in [-0.25, -0.2) is 0 Å². The van der Waals surface area contributed by atoms with Crippen LogP contribution < -0.4 is 0 Å². The Balaban J connectivity index is 4.00. The van der Waals surface area contributed by atoms with E-state index in [-0.39, 0.29) is 0 Å². The van der Waals surface area contributed by atoms with Gasteiger partial charge < -0.3 is 0 Å². The number of hydrogen-bond donors (Lipinski definition) is 1. The lowest BCUT2D eigenvalue weighted by molar-refractivity contribution is 0.614. The second-order valence-electron chi connectivity index (χ2n) is 6.07. The minimum Gasteiger partial charge on any atom is -0.140 e. The van der Waals surface area contributed by atoms with E-state index >= 15 is 0 Å². The predicted octanol–water partition coefficient (Wildman–Crippen LogP) is 7.03. The Morgan fingerprint density at radius 3 is 1.47 bits per heavy atom. The van der Waals surface area contributed by atoms with Crippen molar-refractivity contribution in [2.45, 2.75) is 103 Å². The molecule has 2 atom stereocenters. The number of thiol groups is 1. The van der Waals surface area contributed by atoms with Crippen LogP contribution in [0.25, 0.3) is 0 Å². The molecule has 0 saturated carbocycles. The second-order valence-corrected chi connectivity index (χ2v) is 13.8. The lowest BCUT2D eigenvalue weighted by atomic mass is 10.1. The van der Waals surface area contributed by atoms with Gasteiger partial charge in [0.05, 0.1) is 0 Å². The van der Waals surface area contributed by atoms with Crippen LogP contribution in [0.4, 0.5) is 0 Å². The summed E-state index contributed by atoms with van der Waals surface area (Å²) in [5, 5.41) is -1.44. The first-order valence-electron chi connectivity index (χ1n) is 8.28. The van der Waals surface area contributed by atoms with Crippen molar-refractivity contribution < 1.29 is 0 Å². The van der Waals surface area contributed by atoms with Crippen molar-refractivity contribution in [3.8, 4) is 0 Å². The maximum Gasteiger partial charge on any atom is 0.00877 e. The summed E-state index contributed by atoms with van der Waals surface area (Å²) in [4.78, 5) is 0. The highest BCUT2D eigenvalue weighted by molar-refractivity contribution is 8.63. The van der Waals surface area contributed by atoms with Crippen LogP contribution in [0.1, 0.15) is 91.9 Å². The molecule has 0 aromatic carbocycles. The van der Waals surface area contributed by atoms with E-state index in [2.05, 4.69) is 27.7 Å². The van der Waals surface area contributed by atoms with Crippen LogP contribution in [0, 0.1) is 0 Å². The zero-order valence-electron chi connectivity index (χ0n) is 13.5. The van der Waals surface area contributed by atoms with Crippen molar-refractivity contribution in [3.05, 3.63) is 0 Å². The fourth-order valence-corrected chi connectivity index (χ4v) is 5.84. The van der Waals surface area contributed by atoms with Gasteiger partial charge in [0.1, 0.15) is 0 Å². The quantitative estimate of drug-likeness (QED) is 0.229. The highest BCUT2D eigenvalue weighted by atomic mass is 32.9. The van der Waals surface area contributed by atoms with Crippen LogP contribution in [0.2, 0.25) is 0 Å². The zero-order chi connectivity index (χ0) is 14.7. The van der Waals surface area contributed by atoms with E-state index in [0.29, 0.717) is 11.3 Å². The molecule has 19 heavy (non-hydrogen) atoms. The summed E-state index contributed by atoms with van der Waals surface area (Å²) in [5.41, 5.74) is 1.31. The Labute approximate surface area is 132 Å². The van der Waals surface area contributed by atoms with E-state index in [1.165, 1.54) is 64.2 Å². The number of hydrogen-bond acceptors (Lipinski definition) is 1. The zero-order valence-corrected chi connectivity index (χ0v) is 16.1. The lowest BCUT2D eigenvalue weighted by Crippen LogP contribution is -2.10. The molecule has 0 aliphatic rings. The van der Waals surface area contributed by atoms with Gasteiger partial charge in [-0.3, -0.25) is 0 Å². The lowest BCUT2D eigenvalue weighted by Gasteiger charge is -2.30. The number of rotatable bonds is 12. The highest BCUT2D eigenvalue weighted by Crippen LogP contribution is 2.62. The molecule has 0 amide bonds. The van der Waals surface area contributed by atoms with E-state index < -0.39 is 5.24 Å². The average molecular weight is 323 g/mol. The topological polar surface area (TPSA) is 0 Å². The summed E-state index contributed by atoms with van der Waals surface area (Å²) in [6, 6.07) is 0. The molecular weight excluding hydrogens is 287 g/mol. The van der Waals surface area contributed by atoms with E-state index in [4.69, 9.17) is 24.1 Å². The monoisotopic (exact) mass is 322 g/mol. The van der Waals surface area contributed by atoms with Crippen molar-refractivity contribution in [1.29, 1.82) is 0 Å². The Kier molecular flexibility index (Phi) is 12.2. The third kappa shape index (κ3) is 8.79. The van der Waals surface area contributed by atoms with Crippen LogP contribution in [0.15, 0.2) is 0 Å². The maximum atomic E-state index is 5.92. The normalized spacial score (nSPS) is 17.9. The molecule has 0 N–H and O–H groups in total. The van der Waals surface area contributed by atoms with E-state index in [1.54, 1.807) is 0 Å². The van der Waals surface area contributed by atoms with Gasteiger partial charge in [-0.1, -0.05) is 90.9 Å². The van der Waals surface area contributed by atoms with Crippen LogP contribution in [-0.4, -0.2) is 11.3 Å². The third-order valence-electron chi connectivity index (χ3n) is 4.21. The number of unbranched alkanes of at least 4 members (excludes halogenated alkanes) is 6. The Morgan fingerprint density at radius 2 is 1.16 bits per heavy atom. The molecule has 116 valence electrons. The van der Waals surface area contributed by atoms with Gasteiger partial charge in [0.15, 0.2) is 0 Å². The van der Waals surface area contributed by atoms with Crippen molar-refractivity contribution in [3.63, 3.8) is 0 Å². The Hall–Kier alpha value is 1.00. The molecule has 0 saturated heterocycles. The highest BCUT2D eigenvalue weighted by Gasteiger charge is 2.26. The molecule has 2 unspecified atom stereocenters. The molecule has 0 fully saturated rings. The molecule has 3 heteroatoms. The average Bonchev–Trinajstić information content (AvgIpc) is 2.39. The van der Waals surface area contributed by atoms with Crippen LogP contribution >= 0.6 is 17.5 Å². The summed E-state index contributed by atoms with van der Waals surface area (Å²) >= 11 is 10.9. The van der Waals surface area contributed by atoms with Gasteiger partial charge in [0.25, 0.3) is 0 Å². The molecule has 0 aliphatic carbocycles. The van der Waals surface area contributed by atoms with E-state index in [1.807, 2.05) is 0 Å². The third-order valence-corrected chi connectivity index (χ3v) is 11.8. The molecular formula is C16H35PS2. The summed E-state index contributed by atoms with van der Waals surface area (Å²) in [6.45, 7) is 9.24. The largest absolute Gasteiger partial charge is 0.140 e. The minimum absolute atomic E-state index is 0.656. The second kappa shape index (κ2) is 11.6. The molecule has 0 aliphatic heterocycles. The Bertz CT molecular complexity index is 231. The fourth-order valence-electron chi connectivity index (χ4n) is 2.54. The minimum atomic E-state index is -1.44. The first-order valence-corrected chi connectivity index (χ1v) is 12.4.